The number of rotatable bonds is 12. The quantitative estimate of drug-likeness (QED) is 0.395. The molecule has 1 aliphatic heterocycles. The molecular formula is C29H32O7. The number of aliphatic hydroxyl groups is 1. The molecule has 0 spiro atoms. The molecule has 5 atom stereocenters. The van der Waals surface area contributed by atoms with Crippen LogP contribution in [-0.2, 0) is 43.6 Å². The second-order valence-corrected chi connectivity index (χ2v) is 8.78. The van der Waals surface area contributed by atoms with Crippen molar-refractivity contribution in [3.8, 4) is 0 Å². The fourth-order valence-electron chi connectivity index (χ4n) is 4.37. The molecule has 1 fully saturated rings. The average Bonchev–Trinajstić information content (AvgIpc) is 2.91. The molecule has 190 valence electrons. The summed E-state index contributed by atoms with van der Waals surface area (Å²) in [4.78, 5) is 11.7. The molecule has 0 radical (unpaired) electrons. The van der Waals surface area contributed by atoms with Crippen molar-refractivity contribution in [3.63, 3.8) is 0 Å². The van der Waals surface area contributed by atoms with Gasteiger partial charge in [-0.05, 0) is 16.7 Å². The molecule has 2 N–H and O–H groups in total. The van der Waals surface area contributed by atoms with Crippen LogP contribution < -0.4 is 0 Å². The number of hydrogen-bond donors (Lipinski definition) is 2. The lowest BCUT2D eigenvalue weighted by atomic mass is 9.92. The van der Waals surface area contributed by atoms with Crippen molar-refractivity contribution in [2.24, 2.45) is 0 Å². The summed E-state index contributed by atoms with van der Waals surface area (Å²) in [5, 5.41) is 19.7. The molecule has 0 aliphatic carbocycles. The maximum atomic E-state index is 11.7. The van der Waals surface area contributed by atoms with E-state index in [0.29, 0.717) is 0 Å². The number of carboxylic acid groups (broad SMARTS) is 1. The van der Waals surface area contributed by atoms with Crippen molar-refractivity contribution in [2.75, 3.05) is 6.61 Å². The van der Waals surface area contributed by atoms with Crippen molar-refractivity contribution in [1.82, 2.24) is 0 Å². The predicted molar refractivity (Wildman–Crippen MR) is 133 cm³/mol. The van der Waals surface area contributed by atoms with E-state index in [1.807, 2.05) is 91.0 Å². The molecule has 1 heterocycles. The molecule has 7 heteroatoms. The number of aliphatic carboxylic acids is 1. The summed E-state index contributed by atoms with van der Waals surface area (Å²) in [7, 11) is 0. The van der Waals surface area contributed by atoms with Crippen LogP contribution in [0, 0.1) is 0 Å². The highest BCUT2D eigenvalue weighted by Crippen LogP contribution is 2.31. The van der Waals surface area contributed by atoms with Gasteiger partial charge in [0.25, 0.3) is 0 Å². The Morgan fingerprint density at radius 3 is 1.42 bits per heavy atom. The van der Waals surface area contributed by atoms with Crippen molar-refractivity contribution in [2.45, 2.75) is 56.8 Å². The van der Waals surface area contributed by atoms with E-state index in [2.05, 4.69) is 0 Å². The summed E-state index contributed by atoms with van der Waals surface area (Å²) in [6.45, 7) is 0.475. The van der Waals surface area contributed by atoms with Gasteiger partial charge in [0.1, 0.15) is 24.4 Å². The Kier molecular flexibility index (Phi) is 9.61. The van der Waals surface area contributed by atoms with Gasteiger partial charge in [0.15, 0.2) is 0 Å². The lowest BCUT2D eigenvalue weighted by Gasteiger charge is -2.45. The molecule has 0 amide bonds. The largest absolute Gasteiger partial charge is 0.481 e. The van der Waals surface area contributed by atoms with Gasteiger partial charge >= 0.3 is 5.97 Å². The van der Waals surface area contributed by atoms with Gasteiger partial charge in [0, 0.05) is 0 Å². The molecule has 0 bridgehead atoms. The van der Waals surface area contributed by atoms with E-state index in [4.69, 9.17) is 18.9 Å². The zero-order valence-electron chi connectivity index (χ0n) is 20.0. The first kappa shape index (κ1) is 26.0. The number of carbonyl (C=O) groups is 1. The highest BCUT2D eigenvalue weighted by Gasteiger charge is 2.48. The van der Waals surface area contributed by atoms with Gasteiger partial charge in [0.05, 0.1) is 39.0 Å². The Labute approximate surface area is 211 Å². The first-order valence-electron chi connectivity index (χ1n) is 12.1. The third-order valence-corrected chi connectivity index (χ3v) is 6.14. The molecule has 1 saturated heterocycles. The maximum absolute atomic E-state index is 11.7. The van der Waals surface area contributed by atoms with Gasteiger partial charge in [-0.2, -0.15) is 0 Å². The van der Waals surface area contributed by atoms with Gasteiger partial charge in [-0.25, -0.2) is 0 Å². The van der Waals surface area contributed by atoms with Crippen LogP contribution >= 0.6 is 0 Å². The van der Waals surface area contributed by atoms with E-state index in [1.165, 1.54) is 0 Å². The fourth-order valence-corrected chi connectivity index (χ4v) is 4.37. The minimum absolute atomic E-state index is 0.255. The Bertz CT molecular complexity index is 1040. The summed E-state index contributed by atoms with van der Waals surface area (Å²) in [6.07, 6.45) is -3.95. The Morgan fingerprint density at radius 2 is 1.03 bits per heavy atom. The zero-order valence-corrected chi connectivity index (χ0v) is 20.0. The summed E-state index contributed by atoms with van der Waals surface area (Å²) in [5.74, 6) is -1.02. The standard InChI is InChI=1S/C29H32O7/c30-17-25-28(34-19-22-12-6-2-7-13-22)29(35-20-23-14-8-3-9-15-23)27(24(36-25)16-26(31)32)33-18-21-10-4-1-5-11-21/h1-15,24-25,27-30H,16-20H2,(H,31,32). The van der Waals surface area contributed by atoms with Crippen LogP contribution in [0.25, 0.3) is 0 Å². The van der Waals surface area contributed by atoms with Crippen LogP contribution in [0.3, 0.4) is 0 Å². The highest BCUT2D eigenvalue weighted by molar-refractivity contribution is 5.67. The summed E-state index contributed by atoms with van der Waals surface area (Å²) in [6, 6.07) is 29.0. The van der Waals surface area contributed by atoms with E-state index in [9.17, 15) is 15.0 Å². The second-order valence-electron chi connectivity index (χ2n) is 8.78. The third-order valence-electron chi connectivity index (χ3n) is 6.14. The van der Waals surface area contributed by atoms with Crippen LogP contribution in [0.5, 0.6) is 0 Å². The molecule has 4 rings (SSSR count). The third kappa shape index (κ3) is 7.22. The Hall–Kier alpha value is -3.07. The van der Waals surface area contributed by atoms with Crippen LogP contribution in [0.4, 0.5) is 0 Å². The minimum Gasteiger partial charge on any atom is -0.481 e. The van der Waals surface area contributed by atoms with Gasteiger partial charge in [-0.3, -0.25) is 4.79 Å². The molecule has 3 aromatic rings. The van der Waals surface area contributed by atoms with Gasteiger partial charge in [-0.1, -0.05) is 91.0 Å². The van der Waals surface area contributed by atoms with E-state index in [0.717, 1.165) is 16.7 Å². The van der Waals surface area contributed by atoms with E-state index < -0.39 is 36.5 Å². The lowest BCUT2D eigenvalue weighted by Crippen LogP contribution is -2.61. The molecule has 0 aromatic heterocycles. The zero-order chi connectivity index (χ0) is 25.2. The highest BCUT2D eigenvalue weighted by atomic mass is 16.6. The van der Waals surface area contributed by atoms with Gasteiger partial charge in [-0.15, -0.1) is 0 Å². The maximum Gasteiger partial charge on any atom is 0.306 e. The first-order valence-corrected chi connectivity index (χ1v) is 12.1. The van der Waals surface area contributed by atoms with Crippen LogP contribution in [0.1, 0.15) is 23.1 Å². The van der Waals surface area contributed by atoms with E-state index >= 15 is 0 Å². The van der Waals surface area contributed by atoms with Crippen LogP contribution in [-0.4, -0.2) is 53.3 Å². The topological polar surface area (TPSA) is 94.5 Å². The van der Waals surface area contributed by atoms with Gasteiger partial charge < -0.3 is 29.2 Å². The molecule has 1 aliphatic rings. The summed E-state index contributed by atoms with van der Waals surface area (Å²) >= 11 is 0. The number of carboxylic acids is 1. The smallest absolute Gasteiger partial charge is 0.306 e. The van der Waals surface area contributed by atoms with E-state index in [1.54, 1.807) is 0 Å². The lowest BCUT2D eigenvalue weighted by molar-refractivity contribution is -0.270. The SMILES string of the molecule is O=C(O)CC1OC(CO)C(OCc2ccccc2)C(OCc2ccccc2)C1OCc1ccccc1. The average molecular weight is 493 g/mol. The minimum atomic E-state index is -1.02. The van der Waals surface area contributed by atoms with Gasteiger partial charge in [0.2, 0.25) is 0 Å². The number of hydrogen-bond acceptors (Lipinski definition) is 6. The summed E-state index contributed by atoms with van der Waals surface area (Å²) < 4.78 is 25.0. The Morgan fingerprint density at radius 1 is 0.639 bits per heavy atom. The van der Waals surface area contributed by atoms with Crippen molar-refractivity contribution < 1.29 is 34.0 Å². The normalized spacial score (nSPS) is 23.9. The molecule has 3 aromatic carbocycles. The molecule has 36 heavy (non-hydrogen) atoms. The number of ether oxygens (including phenoxy) is 4. The fraction of sp³-hybridized carbons (Fsp3) is 0.345. The van der Waals surface area contributed by atoms with Crippen LogP contribution in [0.15, 0.2) is 91.0 Å². The molecule has 0 saturated carbocycles. The monoisotopic (exact) mass is 492 g/mol. The first-order chi connectivity index (χ1) is 17.6. The van der Waals surface area contributed by atoms with Crippen molar-refractivity contribution >= 4 is 5.97 Å². The van der Waals surface area contributed by atoms with E-state index in [-0.39, 0.29) is 32.8 Å². The Balaban J connectivity index is 1.60. The predicted octanol–water partition coefficient (Wildman–Crippen LogP) is 3.98. The molecular weight excluding hydrogens is 460 g/mol. The summed E-state index contributed by atoms with van der Waals surface area (Å²) in [5.41, 5.74) is 2.87. The molecule has 7 nitrogen and oxygen atoms in total. The van der Waals surface area contributed by atoms with Crippen molar-refractivity contribution in [1.29, 1.82) is 0 Å². The van der Waals surface area contributed by atoms with Crippen LogP contribution in [0.2, 0.25) is 0 Å². The number of aliphatic hydroxyl groups excluding tert-OH is 1. The second kappa shape index (κ2) is 13.3. The van der Waals surface area contributed by atoms with Crippen molar-refractivity contribution in [3.05, 3.63) is 108 Å². The molecule has 5 unspecified atom stereocenters. The number of benzene rings is 3.